The quantitative estimate of drug-likeness (QED) is 0.512. The molecule has 1 aromatic carbocycles. The maximum absolute atomic E-state index is 11.3. The average Bonchev–Trinajstić information content (AvgIpc) is 2.47. The van der Waals surface area contributed by atoms with Crippen LogP contribution in [-0.2, 0) is 4.74 Å². The second kappa shape index (κ2) is 6.69. The molecule has 1 heterocycles. The summed E-state index contributed by atoms with van der Waals surface area (Å²) in [5.41, 5.74) is 2.41. The van der Waals surface area contributed by atoms with Gasteiger partial charge in [-0.2, -0.15) is 0 Å². The summed E-state index contributed by atoms with van der Waals surface area (Å²) in [6.07, 6.45) is 2.18. The van der Waals surface area contributed by atoms with Gasteiger partial charge in [0.1, 0.15) is 5.69 Å². The molecule has 0 amide bonds. The molecule has 0 aliphatic carbocycles. The molecular weight excluding hydrogens is 272 g/mol. The lowest BCUT2D eigenvalue weighted by Gasteiger charge is -2.28. The van der Waals surface area contributed by atoms with Gasteiger partial charge in [0.25, 0.3) is 5.69 Å². The topological polar surface area (TPSA) is 75.8 Å². The summed E-state index contributed by atoms with van der Waals surface area (Å²) in [6, 6.07) is 4.91. The van der Waals surface area contributed by atoms with Crippen LogP contribution < -0.4 is 4.90 Å². The number of aliphatic hydroxyl groups excluding tert-OH is 1. The Hall–Kier alpha value is -1.92. The number of hydrogen-bond donors (Lipinski definition) is 1. The van der Waals surface area contributed by atoms with Crippen LogP contribution in [0.25, 0.3) is 0 Å². The smallest absolute Gasteiger partial charge is 0.292 e. The Morgan fingerprint density at radius 3 is 2.81 bits per heavy atom. The van der Waals surface area contributed by atoms with Gasteiger partial charge in [-0.3, -0.25) is 10.1 Å². The van der Waals surface area contributed by atoms with Crippen molar-refractivity contribution in [1.29, 1.82) is 0 Å². The molecule has 114 valence electrons. The number of nitrogens with zero attached hydrogens (tertiary/aromatic N) is 2. The second-order valence-corrected chi connectivity index (χ2v) is 5.17. The number of hydrogen-bond acceptors (Lipinski definition) is 5. The molecule has 1 atom stereocenters. The Labute approximate surface area is 123 Å². The number of aliphatic hydroxyl groups is 1. The Bertz CT molecular complexity index is 555. The zero-order valence-electron chi connectivity index (χ0n) is 12.3. The predicted molar refractivity (Wildman–Crippen MR) is 80.5 cm³/mol. The number of benzene rings is 1. The van der Waals surface area contributed by atoms with Gasteiger partial charge in [0, 0.05) is 26.3 Å². The predicted octanol–water partition coefficient (Wildman–Crippen LogP) is 2.43. The van der Waals surface area contributed by atoms with Crippen molar-refractivity contribution in [3.63, 3.8) is 0 Å². The second-order valence-electron chi connectivity index (χ2n) is 5.17. The van der Waals surface area contributed by atoms with Crippen molar-refractivity contribution in [1.82, 2.24) is 0 Å². The van der Waals surface area contributed by atoms with E-state index in [0.717, 1.165) is 13.0 Å². The molecule has 6 nitrogen and oxygen atoms in total. The molecule has 21 heavy (non-hydrogen) atoms. The van der Waals surface area contributed by atoms with Crippen LogP contribution in [0.2, 0.25) is 0 Å². The third kappa shape index (κ3) is 3.59. The van der Waals surface area contributed by atoms with Gasteiger partial charge >= 0.3 is 0 Å². The van der Waals surface area contributed by atoms with Crippen molar-refractivity contribution in [3.8, 4) is 0 Å². The van der Waals surface area contributed by atoms with Gasteiger partial charge in [-0.15, -0.1) is 0 Å². The lowest BCUT2D eigenvalue weighted by Crippen LogP contribution is -2.29. The van der Waals surface area contributed by atoms with E-state index in [4.69, 9.17) is 4.74 Å². The maximum atomic E-state index is 11.3. The number of anilines is 1. The van der Waals surface area contributed by atoms with E-state index in [1.807, 2.05) is 4.90 Å². The van der Waals surface area contributed by atoms with Gasteiger partial charge in [0.2, 0.25) is 0 Å². The zero-order valence-corrected chi connectivity index (χ0v) is 12.3. The van der Waals surface area contributed by atoms with Crippen molar-refractivity contribution < 1.29 is 14.8 Å². The van der Waals surface area contributed by atoms with Gasteiger partial charge < -0.3 is 14.7 Å². The fourth-order valence-electron chi connectivity index (χ4n) is 2.46. The largest absolute Gasteiger partial charge is 0.389 e. The van der Waals surface area contributed by atoms with E-state index >= 15 is 0 Å². The summed E-state index contributed by atoms with van der Waals surface area (Å²) >= 11 is 0. The molecule has 1 aliphatic rings. The van der Waals surface area contributed by atoms with Gasteiger partial charge in [-0.05, 0) is 30.5 Å². The molecule has 6 heteroatoms. The Balaban J connectivity index is 2.26. The van der Waals surface area contributed by atoms with Crippen LogP contribution in [-0.4, -0.2) is 36.8 Å². The molecular formula is C15H20N2O4. The summed E-state index contributed by atoms with van der Waals surface area (Å²) in [4.78, 5) is 12.8. The first-order chi connectivity index (χ1) is 10.0. The molecule has 2 rings (SSSR count). The van der Waals surface area contributed by atoms with E-state index in [0.29, 0.717) is 24.4 Å². The van der Waals surface area contributed by atoms with Crippen LogP contribution >= 0.6 is 0 Å². The first kappa shape index (κ1) is 15.5. The average molecular weight is 292 g/mol. The summed E-state index contributed by atoms with van der Waals surface area (Å²) < 4.78 is 5.10. The highest BCUT2D eigenvalue weighted by Crippen LogP contribution is 2.32. The van der Waals surface area contributed by atoms with E-state index in [1.54, 1.807) is 26.2 Å². The highest BCUT2D eigenvalue weighted by atomic mass is 16.6. The zero-order chi connectivity index (χ0) is 15.4. The van der Waals surface area contributed by atoms with E-state index in [-0.39, 0.29) is 5.69 Å². The van der Waals surface area contributed by atoms with Crippen LogP contribution in [0.4, 0.5) is 11.4 Å². The Kier molecular flexibility index (Phi) is 4.93. The van der Waals surface area contributed by atoms with Gasteiger partial charge in [0.15, 0.2) is 0 Å². The molecule has 0 spiro atoms. The first-order valence-electron chi connectivity index (χ1n) is 6.91. The van der Waals surface area contributed by atoms with Crippen molar-refractivity contribution >= 4 is 11.4 Å². The molecule has 0 bridgehead atoms. The number of ether oxygens (including phenoxy) is 1. The van der Waals surface area contributed by atoms with Gasteiger partial charge in [0.05, 0.1) is 17.6 Å². The molecule has 0 fully saturated rings. The standard InChI is InChI=1S/C15H20N2O4/c1-11(18)13-3-4-14(15(9-13)17(19)20)16-7-5-12(6-8-16)10-21-2/h3-5,9,11,18H,6-8,10H2,1-2H3/t11-/m0/s1. The van der Waals surface area contributed by atoms with Gasteiger partial charge in [-0.1, -0.05) is 12.1 Å². The minimum atomic E-state index is -0.715. The monoisotopic (exact) mass is 292 g/mol. The van der Waals surface area contributed by atoms with Crippen molar-refractivity contribution in [3.05, 3.63) is 45.5 Å². The number of nitro benzene ring substituents is 1. The number of nitro groups is 1. The highest BCUT2D eigenvalue weighted by molar-refractivity contribution is 5.65. The normalized spacial score (nSPS) is 16.5. The Morgan fingerprint density at radius 1 is 1.52 bits per heavy atom. The highest BCUT2D eigenvalue weighted by Gasteiger charge is 2.22. The number of rotatable bonds is 5. The van der Waals surface area contributed by atoms with Crippen molar-refractivity contribution in [2.45, 2.75) is 19.4 Å². The first-order valence-corrected chi connectivity index (χ1v) is 6.91. The van der Waals surface area contributed by atoms with Crippen LogP contribution in [0, 0.1) is 10.1 Å². The molecule has 0 saturated carbocycles. The van der Waals surface area contributed by atoms with E-state index in [1.165, 1.54) is 11.6 Å². The SMILES string of the molecule is COCC1=CCN(c2ccc([C@H](C)O)cc2[N+](=O)[O-])CC1. The minimum Gasteiger partial charge on any atom is -0.389 e. The summed E-state index contributed by atoms with van der Waals surface area (Å²) in [6.45, 7) is 3.56. The molecule has 0 unspecified atom stereocenters. The summed E-state index contributed by atoms with van der Waals surface area (Å²) in [5.74, 6) is 0. The van der Waals surface area contributed by atoms with Crippen LogP contribution in [0.5, 0.6) is 0 Å². The van der Waals surface area contributed by atoms with E-state index < -0.39 is 11.0 Å². The molecule has 0 radical (unpaired) electrons. The molecule has 1 N–H and O–H groups in total. The Morgan fingerprint density at radius 2 is 2.29 bits per heavy atom. The van der Waals surface area contributed by atoms with E-state index in [9.17, 15) is 15.2 Å². The van der Waals surface area contributed by atoms with Crippen LogP contribution in [0.3, 0.4) is 0 Å². The fraction of sp³-hybridized carbons (Fsp3) is 0.467. The maximum Gasteiger partial charge on any atom is 0.292 e. The van der Waals surface area contributed by atoms with E-state index in [2.05, 4.69) is 6.08 Å². The van der Waals surface area contributed by atoms with Crippen molar-refractivity contribution in [2.24, 2.45) is 0 Å². The van der Waals surface area contributed by atoms with Crippen LogP contribution in [0.1, 0.15) is 25.0 Å². The number of methoxy groups -OCH3 is 1. The molecule has 0 aromatic heterocycles. The van der Waals surface area contributed by atoms with Crippen molar-refractivity contribution in [2.75, 3.05) is 31.7 Å². The van der Waals surface area contributed by atoms with Gasteiger partial charge in [-0.25, -0.2) is 0 Å². The molecule has 1 aromatic rings. The summed E-state index contributed by atoms with van der Waals surface area (Å²) in [7, 11) is 1.66. The third-order valence-corrected chi connectivity index (χ3v) is 3.65. The third-order valence-electron chi connectivity index (χ3n) is 3.65. The lowest BCUT2D eigenvalue weighted by atomic mass is 10.1. The fourth-order valence-corrected chi connectivity index (χ4v) is 2.46. The van der Waals surface area contributed by atoms with Crippen LogP contribution in [0.15, 0.2) is 29.8 Å². The molecule has 1 aliphatic heterocycles. The summed E-state index contributed by atoms with van der Waals surface area (Å²) in [5, 5.41) is 20.8. The lowest BCUT2D eigenvalue weighted by molar-refractivity contribution is -0.384. The molecule has 0 saturated heterocycles. The minimum absolute atomic E-state index is 0.0389.